The third-order valence-electron chi connectivity index (χ3n) is 3.95. The Balaban J connectivity index is 1.70. The number of rotatable bonds is 6. The number of thioether (sulfide) groups is 1. The Hall–Kier alpha value is -2.03. The minimum absolute atomic E-state index is 0.396. The first-order valence-electron chi connectivity index (χ1n) is 7.96. The first-order chi connectivity index (χ1) is 11.9. The van der Waals surface area contributed by atoms with Gasteiger partial charge >= 0.3 is 0 Å². The second-order valence-electron chi connectivity index (χ2n) is 5.83. The Morgan fingerprint density at radius 1 is 1.32 bits per heavy atom. The molecule has 0 spiro atoms. The molecule has 134 valence electrons. The average molecular weight is 370 g/mol. The Morgan fingerprint density at radius 3 is 2.68 bits per heavy atom. The van der Waals surface area contributed by atoms with Gasteiger partial charge in [0.15, 0.2) is 22.6 Å². The molecule has 5 nitrogen and oxygen atoms in total. The summed E-state index contributed by atoms with van der Waals surface area (Å²) in [4.78, 5) is 12.2. The zero-order valence-electron chi connectivity index (χ0n) is 13.7. The molecule has 1 amide bonds. The van der Waals surface area contributed by atoms with Crippen LogP contribution in [0.4, 0.5) is 18.9 Å². The Morgan fingerprint density at radius 2 is 2.04 bits per heavy atom. The van der Waals surface area contributed by atoms with E-state index in [4.69, 9.17) is 0 Å². The van der Waals surface area contributed by atoms with Gasteiger partial charge in [-0.25, -0.2) is 13.2 Å². The summed E-state index contributed by atoms with van der Waals surface area (Å²) in [7, 11) is 0. The summed E-state index contributed by atoms with van der Waals surface area (Å²) in [5.41, 5.74) is -0.396. The molecular weight excluding hydrogens is 353 g/mol. The van der Waals surface area contributed by atoms with E-state index in [1.807, 2.05) is 11.5 Å². The van der Waals surface area contributed by atoms with Gasteiger partial charge in [-0.3, -0.25) is 4.79 Å². The van der Waals surface area contributed by atoms with Crippen LogP contribution in [0, 0.1) is 17.5 Å². The fourth-order valence-corrected chi connectivity index (χ4v) is 3.32. The largest absolute Gasteiger partial charge is 0.323 e. The van der Waals surface area contributed by atoms with Crippen molar-refractivity contribution in [2.24, 2.45) is 0 Å². The lowest BCUT2D eigenvalue weighted by Gasteiger charge is -2.13. The number of halogens is 3. The van der Waals surface area contributed by atoms with Gasteiger partial charge in [-0.2, -0.15) is 0 Å². The fourth-order valence-electron chi connectivity index (χ4n) is 2.40. The van der Waals surface area contributed by atoms with Crippen molar-refractivity contribution in [2.75, 3.05) is 5.32 Å². The van der Waals surface area contributed by atoms with Gasteiger partial charge in [0.1, 0.15) is 5.82 Å². The van der Waals surface area contributed by atoms with Gasteiger partial charge in [0.25, 0.3) is 0 Å². The topological polar surface area (TPSA) is 59.8 Å². The average Bonchev–Trinajstić information content (AvgIpc) is 3.36. The van der Waals surface area contributed by atoms with Crippen LogP contribution in [0.2, 0.25) is 0 Å². The number of benzene rings is 1. The van der Waals surface area contributed by atoms with Crippen molar-refractivity contribution in [2.45, 2.75) is 49.6 Å². The van der Waals surface area contributed by atoms with Gasteiger partial charge in [0, 0.05) is 12.5 Å². The van der Waals surface area contributed by atoms with E-state index in [9.17, 15) is 18.0 Å². The maximum absolute atomic E-state index is 13.7. The number of nitrogens with one attached hydrogen (secondary N) is 1. The first kappa shape index (κ1) is 17.8. The third kappa shape index (κ3) is 3.65. The normalized spacial score (nSPS) is 15.2. The van der Waals surface area contributed by atoms with Gasteiger partial charge in [-0.05, 0) is 38.8 Å². The molecule has 3 rings (SSSR count). The summed E-state index contributed by atoms with van der Waals surface area (Å²) in [6, 6.07) is 1.75. The number of aromatic nitrogens is 3. The van der Waals surface area contributed by atoms with Crippen molar-refractivity contribution < 1.29 is 18.0 Å². The lowest BCUT2D eigenvalue weighted by Crippen LogP contribution is -2.24. The van der Waals surface area contributed by atoms with Gasteiger partial charge in [-0.1, -0.05) is 11.8 Å². The van der Waals surface area contributed by atoms with E-state index in [1.165, 1.54) is 11.8 Å². The molecule has 1 aliphatic rings. The SMILES string of the molecule is CCn1c(S[C@H](C)C(=O)Nc2ccc(F)c(F)c2F)nnc1C1CC1. The lowest BCUT2D eigenvalue weighted by molar-refractivity contribution is -0.115. The predicted octanol–water partition coefficient (Wildman–Crippen LogP) is 3.71. The van der Waals surface area contributed by atoms with E-state index in [0.29, 0.717) is 17.6 Å². The highest BCUT2D eigenvalue weighted by Gasteiger charge is 2.31. The predicted molar refractivity (Wildman–Crippen MR) is 87.9 cm³/mol. The van der Waals surface area contributed by atoms with E-state index in [0.717, 1.165) is 30.8 Å². The molecule has 1 aromatic heterocycles. The van der Waals surface area contributed by atoms with E-state index in [2.05, 4.69) is 15.5 Å². The summed E-state index contributed by atoms with van der Waals surface area (Å²) >= 11 is 1.19. The summed E-state index contributed by atoms with van der Waals surface area (Å²) < 4.78 is 41.8. The molecule has 0 bridgehead atoms. The number of amides is 1. The molecule has 9 heteroatoms. The molecule has 0 radical (unpaired) electrons. The Labute approximate surface area is 147 Å². The van der Waals surface area contributed by atoms with Crippen molar-refractivity contribution in [3.8, 4) is 0 Å². The van der Waals surface area contributed by atoms with Crippen molar-refractivity contribution in [3.63, 3.8) is 0 Å². The van der Waals surface area contributed by atoms with Crippen molar-refractivity contribution >= 4 is 23.4 Å². The van der Waals surface area contributed by atoms with Crippen LogP contribution >= 0.6 is 11.8 Å². The van der Waals surface area contributed by atoms with Gasteiger partial charge in [-0.15, -0.1) is 10.2 Å². The van der Waals surface area contributed by atoms with Crippen LogP contribution in [-0.4, -0.2) is 25.9 Å². The van der Waals surface area contributed by atoms with Gasteiger partial charge in [0.05, 0.1) is 10.9 Å². The molecule has 1 atom stereocenters. The summed E-state index contributed by atoms with van der Waals surface area (Å²) in [5, 5.41) is 10.6. The maximum Gasteiger partial charge on any atom is 0.237 e. The number of anilines is 1. The van der Waals surface area contributed by atoms with Crippen LogP contribution in [0.25, 0.3) is 0 Å². The lowest BCUT2D eigenvalue weighted by atomic mass is 10.2. The highest BCUT2D eigenvalue weighted by atomic mass is 32.2. The molecule has 1 fully saturated rings. The van der Waals surface area contributed by atoms with E-state index < -0.39 is 34.3 Å². The molecule has 1 heterocycles. The molecule has 0 aliphatic heterocycles. The van der Waals surface area contributed by atoms with E-state index >= 15 is 0 Å². The van der Waals surface area contributed by atoms with Crippen molar-refractivity contribution in [1.29, 1.82) is 0 Å². The molecule has 1 aliphatic carbocycles. The zero-order valence-corrected chi connectivity index (χ0v) is 14.5. The quantitative estimate of drug-likeness (QED) is 0.622. The first-order valence-corrected chi connectivity index (χ1v) is 8.84. The molecule has 25 heavy (non-hydrogen) atoms. The molecule has 2 aromatic rings. The van der Waals surface area contributed by atoms with E-state index in [-0.39, 0.29) is 0 Å². The van der Waals surface area contributed by atoms with Crippen LogP contribution < -0.4 is 5.32 Å². The fraction of sp³-hybridized carbons (Fsp3) is 0.438. The van der Waals surface area contributed by atoms with Crippen LogP contribution in [0.3, 0.4) is 0 Å². The van der Waals surface area contributed by atoms with Crippen molar-refractivity contribution in [1.82, 2.24) is 14.8 Å². The maximum atomic E-state index is 13.7. The number of carbonyl (C=O) groups is 1. The van der Waals surface area contributed by atoms with Crippen LogP contribution in [-0.2, 0) is 11.3 Å². The smallest absolute Gasteiger partial charge is 0.237 e. The zero-order chi connectivity index (χ0) is 18.1. The Kier molecular flexibility index (Phi) is 5.03. The number of hydrogen-bond donors (Lipinski definition) is 1. The third-order valence-corrected chi connectivity index (χ3v) is 5.03. The second-order valence-corrected chi connectivity index (χ2v) is 7.14. The van der Waals surface area contributed by atoms with Crippen LogP contribution in [0.1, 0.15) is 38.4 Å². The molecule has 0 saturated heterocycles. The second kappa shape index (κ2) is 7.07. The Bertz CT molecular complexity index is 807. The number of carbonyl (C=O) groups excluding carboxylic acids is 1. The molecule has 1 N–H and O–H groups in total. The van der Waals surface area contributed by atoms with Crippen molar-refractivity contribution in [3.05, 3.63) is 35.4 Å². The van der Waals surface area contributed by atoms with Gasteiger partial charge < -0.3 is 9.88 Å². The number of nitrogens with zero attached hydrogens (tertiary/aromatic N) is 3. The summed E-state index contributed by atoms with van der Waals surface area (Å²) in [6.07, 6.45) is 2.18. The minimum atomic E-state index is -1.61. The summed E-state index contributed by atoms with van der Waals surface area (Å²) in [6.45, 7) is 4.29. The standard InChI is InChI=1S/C16H17F3N4OS/c1-3-23-14(9-4-5-9)21-22-16(23)25-8(2)15(24)20-11-7-6-10(17)12(18)13(11)19/h6-9H,3-5H2,1-2H3,(H,20,24)/t8-/m1/s1. The molecule has 1 saturated carbocycles. The monoisotopic (exact) mass is 370 g/mol. The molecule has 1 aromatic carbocycles. The minimum Gasteiger partial charge on any atom is -0.323 e. The number of hydrogen-bond acceptors (Lipinski definition) is 4. The highest BCUT2D eigenvalue weighted by Crippen LogP contribution is 2.40. The van der Waals surface area contributed by atoms with Crippen LogP contribution in [0.15, 0.2) is 17.3 Å². The van der Waals surface area contributed by atoms with E-state index in [1.54, 1.807) is 6.92 Å². The summed E-state index contributed by atoms with van der Waals surface area (Å²) in [5.74, 6) is -3.52. The van der Waals surface area contributed by atoms with Gasteiger partial charge in [0.2, 0.25) is 5.91 Å². The van der Waals surface area contributed by atoms with Crippen LogP contribution in [0.5, 0.6) is 0 Å². The molecule has 0 unspecified atom stereocenters. The molecular formula is C16H17F3N4OS. The highest BCUT2D eigenvalue weighted by molar-refractivity contribution is 8.00.